The molecule has 0 spiro atoms. The zero-order chi connectivity index (χ0) is 13.9. The molecule has 3 heterocycles. The van der Waals surface area contributed by atoms with Gasteiger partial charge in [0.25, 0.3) is 0 Å². The van der Waals surface area contributed by atoms with Crippen LogP contribution in [-0.4, -0.2) is 41.0 Å². The smallest absolute Gasteiger partial charge is 0.185 e. The molecule has 20 heavy (non-hydrogen) atoms. The van der Waals surface area contributed by atoms with E-state index < -0.39 is 0 Å². The van der Waals surface area contributed by atoms with E-state index in [9.17, 15) is 9.18 Å². The number of hydrogen-bond donors (Lipinski definition) is 1. The van der Waals surface area contributed by atoms with E-state index in [-0.39, 0.29) is 18.1 Å². The van der Waals surface area contributed by atoms with Crippen LogP contribution in [0.4, 0.5) is 4.39 Å². The van der Waals surface area contributed by atoms with E-state index in [4.69, 9.17) is 0 Å². The van der Waals surface area contributed by atoms with Crippen LogP contribution in [0.5, 0.6) is 0 Å². The third kappa shape index (κ3) is 1.50. The highest BCUT2D eigenvalue weighted by Crippen LogP contribution is 2.33. The van der Waals surface area contributed by atoms with E-state index in [1.807, 2.05) is 0 Å². The van der Waals surface area contributed by atoms with Gasteiger partial charge in [-0.15, -0.1) is 0 Å². The zero-order valence-electron chi connectivity index (χ0n) is 11.2. The Morgan fingerprint density at radius 2 is 2.25 bits per heavy atom. The number of Topliss-reactive ketones (excluding diaryl/α,β-unsaturated/α-hetero) is 1. The molecule has 4 rings (SSSR count). The van der Waals surface area contributed by atoms with Crippen molar-refractivity contribution in [1.29, 1.82) is 0 Å². The summed E-state index contributed by atoms with van der Waals surface area (Å²) in [5.74, 6) is -0.489. The number of aliphatic imine (C=N–C) groups is 1. The van der Waals surface area contributed by atoms with Crippen molar-refractivity contribution in [2.75, 3.05) is 19.6 Å². The highest BCUT2D eigenvalue weighted by atomic mass is 19.1. The lowest BCUT2D eigenvalue weighted by Gasteiger charge is -2.26. The average Bonchev–Trinajstić information content (AvgIpc) is 2.73. The Hall–Kier alpha value is -2.01. The minimum absolute atomic E-state index is 0.110. The molecule has 4 nitrogen and oxygen atoms in total. The first-order chi connectivity index (χ1) is 9.67. The van der Waals surface area contributed by atoms with Crippen molar-refractivity contribution in [1.82, 2.24) is 9.88 Å². The standard InChI is InChI=1S/C15H14FN3O/c1-2-19-6-11-15-12(7-19)18-10-4-8(16)3-9(14(10)15)13(20)5-17-11/h3-4,18H,2,5-7H2,1H3. The molecule has 0 unspecified atom stereocenters. The van der Waals surface area contributed by atoms with Gasteiger partial charge >= 0.3 is 0 Å². The van der Waals surface area contributed by atoms with Crippen LogP contribution in [0.1, 0.15) is 28.5 Å². The van der Waals surface area contributed by atoms with Gasteiger partial charge in [0.1, 0.15) is 12.4 Å². The number of halogens is 1. The second-order valence-corrected chi connectivity index (χ2v) is 5.34. The maximum absolute atomic E-state index is 13.7. The monoisotopic (exact) mass is 271 g/mol. The molecule has 0 saturated carbocycles. The van der Waals surface area contributed by atoms with Crippen LogP contribution in [0, 0.1) is 5.82 Å². The molecular weight excluding hydrogens is 257 g/mol. The minimum Gasteiger partial charge on any atom is -0.357 e. The van der Waals surface area contributed by atoms with E-state index >= 15 is 0 Å². The Kier molecular flexibility index (Phi) is 2.35. The second kappa shape index (κ2) is 3.99. The summed E-state index contributed by atoms with van der Waals surface area (Å²) in [6.45, 7) is 4.67. The predicted molar refractivity (Wildman–Crippen MR) is 74.9 cm³/mol. The summed E-state index contributed by atoms with van der Waals surface area (Å²) in [6, 6.07) is 2.80. The lowest BCUT2D eigenvalue weighted by molar-refractivity contribution is 0.100. The number of carbonyl (C=O) groups excluding carboxylic acids is 1. The molecule has 0 fully saturated rings. The quantitative estimate of drug-likeness (QED) is 0.863. The van der Waals surface area contributed by atoms with Gasteiger partial charge in [0.15, 0.2) is 5.78 Å². The fraction of sp³-hybridized carbons (Fsp3) is 0.333. The number of carbonyl (C=O) groups is 1. The van der Waals surface area contributed by atoms with Crippen LogP contribution in [0.3, 0.4) is 0 Å². The van der Waals surface area contributed by atoms with Crippen LogP contribution >= 0.6 is 0 Å². The Balaban J connectivity index is 2.09. The van der Waals surface area contributed by atoms with Crippen molar-refractivity contribution in [3.63, 3.8) is 0 Å². The molecule has 5 heteroatoms. The first-order valence-corrected chi connectivity index (χ1v) is 6.80. The van der Waals surface area contributed by atoms with E-state index in [1.54, 1.807) is 0 Å². The zero-order valence-corrected chi connectivity index (χ0v) is 11.2. The topological polar surface area (TPSA) is 48.5 Å². The SMILES string of the molecule is CCN1CC2=NCC(=O)c3cc(F)cc4[nH]c(c2c34)C1. The molecule has 102 valence electrons. The maximum atomic E-state index is 13.7. The summed E-state index contributed by atoms with van der Waals surface area (Å²) >= 11 is 0. The summed E-state index contributed by atoms with van der Waals surface area (Å²) < 4.78 is 13.7. The minimum atomic E-state index is -0.379. The normalized spacial score (nSPS) is 18.3. The molecule has 0 atom stereocenters. The van der Waals surface area contributed by atoms with Gasteiger partial charge in [0.05, 0.1) is 5.71 Å². The number of aromatic nitrogens is 1. The van der Waals surface area contributed by atoms with Crippen LogP contribution < -0.4 is 0 Å². The molecule has 2 aromatic rings. The first kappa shape index (κ1) is 11.8. The van der Waals surface area contributed by atoms with Gasteiger partial charge in [0.2, 0.25) is 0 Å². The van der Waals surface area contributed by atoms with Crippen molar-refractivity contribution in [3.05, 3.63) is 34.8 Å². The molecule has 2 aliphatic heterocycles. The third-order valence-corrected chi connectivity index (χ3v) is 4.15. The van der Waals surface area contributed by atoms with Crippen molar-refractivity contribution >= 4 is 22.4 Å². The molecule has 0 radical (unpaired) electrons. The highest BCUT2D eigenvalue weighted by molar-refractivity contribution is 6.22. The Labute approximate surface area is 115 Å². The molecular formula is C15H14FN3O. The van der Waals surface area contributed by atoms with Crippen molar-refractivity contribution in [2.45, 2.75) is 13.5 Å². The fourth-order valence-corrected chi connectivity index (χ4v) is 3.18. The van der Waals surface area contributed by atoms with E-state index in [2.05, 4.69) is 21.8 Å². The number of nitrogens with zero attached hydrogens (tertiary/aromatic N) is 2. The second-order valence-electron chi connectivity index (χ2n) is 5.34. The van der Waals surface area contributed by atoms with Gasteiger partial charge in [-0.2, -0.15) is 0 Å². The maximum Gasteiger partial charge on any atom is 0.185 e. The van der Waals surface area contributed by atoms with E-state index in [0.29, 0.717) is 11.1 Å². The predicted octanol–water partition coefficient (Wildman–Crippen LogP) is 2.13. The number of rotatable bonds is 1. The van der Waals surface area contributed by atoms with Crippen LogP contribution in [-0.2, 0) is 6.54 Å². The van der Waals surface area contributed by atoms with Crippen LogP contribution in [0.2, 0.25) is 0 Å². The molecule has 1 N–H and O–H groups in total. The van der Waals surface area contributed by atoms with Gasteiger partial charge in [-0.25, -0.2) is 4.39 Å². The van der Waals surface area contributed by atoms with Crippen LogP contribution in [0.25, 0.3) is 10.9 Å². The summed E-state index contributed by atoms with van der Waals surface area (Å²) in [5.41, 5.74) is 4.16. The number of aromatic amines is 1. The number of nitrogens with one attached hydrogen (secondary N) is 1. The highest BCUT2D eigenvalue weighted by Gasteiger charge is 2.30. The molecule has 0 amide bonds. The fourth-order valence-electron chi connectivity index (χ4n) is 3.18. The third-order valence-electron chi connectivity index (χ3n) is 4.15. The molecule has 1 aromatic heterocycles. The van der Waals surface area contributed by atoms with Gasteiger partial charge < -0.3 is 4.98 Å². The molecule has 0 saturated heterocycles. The van der Waals surface area contributed by atoms with Gasteiger partial charge in [-0.05, 0) is 18.7 Å². The number of hydrogen-bond acceptors (Lipinski definition) is 3. The first-order valence-electron chi connectivity index (χ1n) is 6.80. The van der Waals surface area contributed by atoms with Gasteiger partial charge in [-0.1, -0.05) is 6.92 Å². The number of likely N-dealkylation sites (N-methyl/N-ethyl adjacent to an activating group) is 1. The summed E-state index contributed by atoms with van der Waals surface area (Å²) in [7, 11) is 0. The molecule has 1 aromatic carbocycles. The van der Waals surface area contributed by atoms with E-state index in [1.165, 1.54) is 12.1 Å². The lowest BCUT2D eigenvalue weighted by atomic mass is 9.97. The van der Waals surface area contributed by atoms with Crippen molar-refractivity contribution < 1.29 is 9.18 Å². The van der Waals surface area contributed by atoms with Crippen molar-refractivity contribution in [2.24, 2.45) is 4.99 Å². The Morgan fingerprint density at radius 1 is 1.40 bits per heavy atom. The van der Waals surface area contributed by atoms with Crippen LogP contribution in [0.15, 0.2) is 17.1 Å². The molecule has 0 bridgehead atoms. The summed E-state index contributed by atoms with van der Waals surface area (Å²) in [4.78, 5) is 22.2. The molecule has 0 aliphatic carbocycles. The van der Waals surface area contributed by atoms with Gasteiger partial charge in [0, 0.05) is 40.8 Å². The number of benzene rings is 1. The van der Waals surface area contributed by atoms with E-state index in [0.717, 1.165) is 42.0 Å². The summed E-state index contributed by atoms with van der Waals surface area (Å²) in [6.07, 6.45) is 0. The number of H-pyrrole nitrogens is 1. The largest absolute Gasteiger partial charge is 0.357 e. The Morgan fingerprint density at radius 3 is 3.05 bits per heavy atom. The number of ketones is 1. The van der Waals surface area contributed by atoms with Crippen molar-refractivity contribution in [3.8, 4) is 0 Å². The Bertz CT molecular complexity index is 775. The average molecular weight is 271 g/mol. The lowest BCUT2D eigenvalue weighted by Crippen LogP contribution is -2.35. The van der Waals surface area contributed by atoms with Gasteiger partial charge in [-0.3, -0.25) is 14.7 Å². The molecule has 2 aliphatic rings. The summed E-state index contributed by atoms with van der Waals surface area (Å²) in [5, 5.41) is 0.846.